The molecule has 140 valence electrons. The Morgan fingerprint density at radius 3 is 2.50 bits per heavy atom. The molecule has 0 radical (unpaired) electrons. The molecule has 8 heteroatoms. The lowest BCUT2D eigenvalue weighted by molar-refractivity contribution is -0.150. The monoisotopic (exact) mass is 361 g/mol. The second kappa shape index (κ2) is 8.27. The van der Waals surface area contributed by atoms with Crippen LogP contribution < -0.4 is 0 Å². The van der Waals surface area contributed by atoms with E-state index in [0.29, 0.717) is 44.6 Å². The summed E-state index contributed by atoms with van der Waals surface area (Å²) < 4.78 is 5.33. The van der Waals surface area contributed by atoms with E-state index in [9.17, 15) is 14.4 Å². The zero-order valence-electron chi connectivity index (χ0n) is 14.5. The molecule has 1 aromatic rings. The number of pyridine rings is 1. The Morgan fingerprint density at radius 1 is 1.15 bits per heavy atom. The molecule has 0 spiro atoms. The Balaban J connectivity index is 1.57. The van der Waals surface area contributed by atoms with Crippen molar-refractivity contribution in [3.63, 3.8) is 0 Å². The first-order valence-electron chi connectivity index (χ1n) is 8.85. The predicted octanol–water partition coefficient (Wildman–Crippen LogP) is 0.636. The number of ether oxygens (including phenoxy) is 1. The van der Waals surface area contributed by atoms with Crippen molar-refractivity contribution in [1.29, 1.82) is 0 Å². The van der Waals surface area contributed by atoms with Crippen molar-refractivity contribution in [2.75, 3.05) is 32.8 Å². The first kappa shape index (κ1) is 18.3. The van der Waals surface area contributed by atoms with Crippen molar-refractivity contribution in [2.45, 2.75) is 25.3 Å². The maximum atomic E-state index is 12.9. The number of piperidine rings is 1. The van der Waals surface area contributed by atoms with Gasteiger partial charge in [-0.3, -0.25) is 19.4 Å². The van der Waals surface area contributed by atoms with Gasteiger partial charge in [0, 0.05) is 43.5 Å². The van der Waals surface area contributed by atoms with Crippen LogP contribution in [-0.2, 0) is 14.3 Å². The molecular weight excluding hydrogens is 338 g/mol. The average molecular weight is 361 g/mol. The number of carboxylic acids is 1. The topological polar surface area (TPSA) is 100 Å². The van der Waals surface area contributed by atoms with Crippen LogP contribution in [0.4, 0.5) is 0 Å². The van der Waals surface area contributed by atoms with E-state index in [4.69, 9.17) is 9.84 Å². The van der Waals surface area contributed by atoms with E-state index >= 15 is 0 Å². The van der Waals surface area contributed by atoms with Crippen LogP contribution in [0.5, 0.6) is 0 Å². The third-order valence-corrected chi connectivity index (χ3v) is 4.98. The van der Waals surface area contributed by atoms with Gasteiger partial charge in [-0.1, -0.05) is 0 Å². The Kier molecular flexibility index (Phi) is 5.82. The molecular formula is C18H23N3O5. The highest BCUT2D eigenvalue weighted by atomic mass is 16.5. The number of aliphatic carboxylic acids is 1. The number of morpholine rings is 1. The first-order chi connectivity index (χ1) is 12.6. The van der Waals surface area contributed by atoms with Crippen LogP contribution >= 0.6 is 0 Å². The smallest absolute Gasteiger partial charge is 0.305 e. The number of likely N-dealkylation sites (tertiary alicyclic amines) is 1. The fourth-order valence-corrected chi connectivity index (χ4v) is 3.56. The van der Waals surface area contributed by atoms with Gasteiger partial charge in [-0.2, -0.15) is 0 Å². The molecule has 2 aliphatic heterocycles. The van der Waals surface area contributed by atoms with Gasteiger partial charge in [0.1, 0.15) is 0 Å². The van der Waals surface area contributed by atoms with Gasteiger partial charge in [0.15, 0.2) is 0 Å². The molecule has 1 N–H and O–H groups in total. The summed E-state index contributed by atoms with van der Waals surface area (Å²) in [4.78, 5) is 43.7. The molecule has 2 amide bonds. The highest BCUT2D eigenvalue weighted by molar-refractivity contribution is 5.94. The first-order valence-corrected chi connectivity index (χ1v) is 8.85. The number of rotatable bonds is 4. The summed E-state index contributed by atoms with van der Waals surface area (Å²) in [6.45, 7) is 2.16. The molecule has 1 atom stereocenters. The fourth-order valence-electron chi connectivity index (χ4n) is 3.56. The summed E-state index contributed by atoms with van der Waals surface area (Å²) in [5, 5.41) is 9.04. The van der Waals surface area contributed by atoms with Gasteiger partial charge >= 0.3 is 5.97 Å². The SMILES string of the molecule is O=C(O)CC1COCCN1C(=O)C1CCN(C(=O)c2ccncc2)CC1. The summed E-state index contributed by atoms with van der Waals surface area (Å²) in [6.07, 6.45) is 4.25. The van der Waals surface area contributed by atoms with Crippen LogP contribution in [0.25, 0.3) is 0 Å². The van der Waals surface area contributed by atoms with Gasteiger partial charge in [0.25, 0.3) is 5.91 Å². The van der Waals surface area contributed by atoms with Crippen LogP contribution in [0.3, 0.4) is 0 Å². The second-order valence-electron chi connectivity index (χ2n) is 6.66. The number of carboxylic acid groups (broad SMARTS) is 1. The minimum atomic E-state index is -0.934. The van der Waals surface area contributed by atoms with E-state index in [-0.39, 0.29) is 30.8 Å². The molecule has 0 aliphatic carbocycles. The van der Waals surface area contributed by atoms with Gasteiger partial charge in [-0.25, -0.2) is 0 Å². The van der Waals surface area contributed by atoms with Gasteiger partial charge in [-0.05, 0) is 25.0 Å². The van der Waals surface area contributed by atoms with Gasteiger partial charge < -0.3 is 19.6 Å². The van der Waals surface area contributed by atoms with Crippen molar-refractivity contribution in [3.8, 4) is 0 Å². The Morgan fingerprint density at radius 2 is 1.85 bits per heavy atom. The van der Waals surface area contributed by atoms with E-state index in [2.05, 4.69) is 4.98 Å². The van der Waals surface area contributed by atoms with Crippen LogP contribution in [-0.4, -0.2) is 76.6 Å². The van der Waals surface area contributed by atoms with Gasteiger partial charge in [0.05, 0.1) is 25.7 Å². The third-order valence-electron chi connectivity index (χ3n) is 4.98. The van der Waals surface area contributed by atoms with E-state index < -0.39 is 12.0 Å². The standard InChI is InChI=1S/C18H23N3O5/c22-16(23)11-15-12-26-10-9-21(15)18(25)14-3-7-20(8-4-14)17(24)13-1-5-19-6-2-13/h1-2,5-6,14-15H,3-4,7-12H2,(H,22,23). The maximum Gasteiger partial charge on any atom is 0.305 e. The molecule has 0 bridgehead atoms. The van der Waals surface area contributed by atoms with Crippen molar-refractivity contribution < 1.29 is 24.2 Å². The summed E-state index contributed by atoms with van der Waals surface area (Å²) in [5.41, 5.74) is 0.597. The number of carbonyl (C=O) groups excluding carboxylic acids is 2. The number of carbonyl (C=O) groups is 3. The van der Waals surface area contributed by atoms with Crippen molar-refractivity contribution in [2.24, 2.45) is 5.92 Å². The summed E-state index contributed by atoms with van der Waals surface area (Å²) in [6, 6.07) is 2.96. The number of hydrogen-bond acceptors (Lipinski definition) is 5. The van der Waals surface area contributed by atoms with E-state index in [1.807, 2.05) is 0 Å². The lowest BCUT2D eigenvalue weighted by Crippen LogP contribution is -2.53. The summed E-state index contributed by atoms with van der Waals surface area (Å²) in [5.74, 6) is -1.18. The molecule has 8 nitrogen and oxygen atoms in total. The van der Waals surface area contributed by atoms with Crippen molar-refractivity contribution in [3.05, 3.63) is 30.1 Å². The number of amides is 2. The predicted molar refractivity (Wildman–Crippen MR) is 91.4 cm³/mol. The lowest BCUT2D eigenvalue weighted by Gasteiger charge is -2.39. The molecule has 2 aliphatic rings. The minimum Gasteiger partial charge on any atom is -0.481 e. The Bertz CT molecular complexity index is 658. The summed E-state index contributed by atoms with van der Waals surface area (Å²) >= 11 is 0. The number of aromatic nitrogens is 1. The minimum absolute atomic E-state index is 0.0180. The average Bonchev–Trinajstić information content (AvgIpc) is 2.68. The molecule has 1 aromatic heterocycles. The van der Waals surface area contributed by atoms with Crippen molar-refractivity contribution >= 4 is 17.8 Å². The zero-order valence-corrected chi connectivity index (χ0v) is 14.5. The molecule has 2 saturated heterocycles. The quantitative estimate of drug-likeness (QED) is 0.845. The second-order valence-corrected chi connectivity index (χ2v) is 6.66. The molecule has 1 unspecified atom stereocenters. The van der Waals surface area contributed by atoms with E-state index in [1.165, 1.54) is 0 Å². The highest BCUT2D eigenvalue weighted by Crippen LogP contribution is 2.24. The highest BCUT2D eigenvalue weighted by Gasteiger charge is 2.35. The molecule has 3 heterocycles. The van der Waals surface area contributed by atoms with E-state index in [0.717, 1.165) is 0 Å². The van der Waals surface area contributed by atoms with Crippen LogP contribution in [0.1, 0.15) is 29.6 Å². The fraction of sp³-hybridized carbons (Fsp3) is 0.556. The number of nitrogens with zero attached hydrogens (tertiary/aromatic N) is 3. The van der Waals surface area contributed by atoms with Gasteiger partial charge in [0.2, 0.25) is 5.91 Å². The van der Waals surface area contributed by atoms with Crippen LogP contribution in [0, 0.1) is 5.92 Å². The van der Waals surface area contributed by atoms with Crippen molar-refractivity contribution in [1.82, 2.24) is 14.8 Å². The molecule has 0 saturated carbocycles. The zero-order chi connectivity index (χ0) is 18.5. The largest absolute Gasteiger partial charge is 0.481 e. The molecule has 2 fully saturated rings. The van der Waals surface area contributed by atoms with Crippen LogP contribution in [0.2, 0.25) is 0 Å². The summed E-state index contributed by atoms with van der Waals surface area (Å²) in [7, 11) is 0. The number of hydrogen-bond donors (Lipinski definition) is 1. The Hall–Kier alpha value is -2.48. The van der Waals surface area contributed by atoms with E-state index in [1.54, 1.807) is 34.3 Å². The lowest BCUT2D eigenvalue weighted by atomic mass is 9.93. The Labute approximate surface area is 151 Å². The molecule has 26 heavy (non-hydrogen) atoms. The maximum absolute atomic E-state index is 12.9. The van der Waals surface area contributed by atoms with Gasteiger partial charge in [-0.15, -0.1) is 0 Å². The molecule has 0 aromatic carbocycles. The molecule has 3 rings (SSSR count). The normalized spacial score (nSPS) is 21.5. The third kappa shape index (κ3) is 4.19. The van der Waals surface area contributed by atoms with Crippen LogP contribution in [0.15, 0.2) is 24.5 Å².